The van der Waals surface area contributed by atoms with Crippen molar-refractivity contribution in [2.75, 3.05) is 13.2 Å². The molecule has 0 spiro atoms. The highest BCUT2D eigenvalue weighted by Crippen LogP contribution is 2.52. The molecule has 2 rings (SSSR count). The molecular weight excluding hydrogens is 204 g/mol. The second-order valence-electron chi connectivity index (χ2n) is 4.64. The minimum atomic E-state index is -0.782. The Kier molecular flexibility index (Phi) is 3.84. The summed E-state index contributed by atoms with van der Waals surface area (Å²) in [5.41, 5.74) is 0. The highest BCUT2D eigenvalue weighted by molar-refractivity contribution is 5.66. The van der Waals surface area contributed by atoms with E-state index in [-0.39, 0.29) is 6.42 Å². The van der Waals surface area contributed by atoms with E-state index in [4.69, 9.17) is 9.84 Å². The van der Waals surface area contributed by atoms with Gasteiger partial charge in [0.2, 0.25) is 0 Å². The normalized spacial score (nSPS) is 31.6. The van der Waals surface area contributed by atoms with E-state index in [9.17, 15) is 4.79 Å². The van der Waals surface area contributed by atoms with E-state index in [1.165, 1.54) is 12.8 Å². The van der Waals surface area contributed by atoms with Gasteiger partial charge in [0.25, 0.3) is 0 Å². The van der Waals surface area contributed by atoms with Gasteiger partial charge in [-0.2, -0.15) is 0 Å². The van der Waals surface area contributed by atoms with Crippen LogP contribution < -0.4 is 0 Å². The molecule has 0 amide bonds. The molecule has 3 heteroatoms. The fraction of sp³-hybridized carbons (Fsp3) is 0.769. The van der Waals surface area contributed by atoms with Gasteiger partial charge in [-0.3, -0.25) is 4.79 Å². The Morgan fingerprint density at radius 2 is 1.88 bits per heavy atom. The third-order valence-corrected chi connectivity index (χ3v) is 3.61. The summed E-state index contributed by atoms with van der Waals surface area (Å²) in [5.74, 6) is 7.82. The fourth-order valence-electron chi connectivity index (χ4n) is 2.66. The van der Waals surface area contributed by atoms with Gasteiger partial charge in [0.05, 0.1) is 13.0 Å². The summed E-state index contributed by atoms with van der Waals surface area (Å²) in [4.78, 5) is 10.3. The van der Waals surface area contributed by atoms with Crippen LogP contribution in [0.5, 0.6) is 0 Å². The van der Waals surface area contributed by atoms with Gasteiger partial charge in [-0.25, -0.2) is 0 Å². The minimum absolute atomic E-state index is 0.116. The molecule has 1 N–H and O–H groups in total. The number of carboxylic acids is 1. The Bertz CT molecular complexity index is 295. The first-order valence-corrected chi connectivity index (χ1v) is 6.04. The van der Waals surface area contributed by atoms with Crippen molar-refractivity contribution in [2.45, 2.75) is 32.1 Å². The van der Waals surface area contributed by atoms with Gasteiger partial charge < -0.3 is 9.84 Å². The summed E-state index contributed by atoms with van der Waals surface area (Å²) >= 11 is 0. The van der Waals surface area contributed by atoms with Crippen molar-refractivity contribution in [1.29, 1.82) is 0 Å². The molecule has 0 aliphatic heterocycles. The van der Waals surface area contributed by atoms with Gasteiger partial charge >= 0.3 is 5.97 Å². The lowest BCUT2D eigenvalue weighted by Crippen LogP contribution is -2.05. The first-order valence-electron chi connectivity index (χ1n) is 6.04. The van der Waals surface area contributed by atoms with E-state index in [1.807, 2.05) is 0 Å². The molecular formula is C13H18O3. The topological polar surface area (TPSA) is 46.5 Å². The molecule has 0 aromatic heterocycles. The lowest BCUT2D eigenvalue weighted by atomic mass is 10.1. The molecule has 0 heterocycles. The van der Waals surface area contributed by atoms with Crippen LogP contribution in [-0.2, 0) is 9.53 Å². The number of rotatable bonds is 5. The Hall–Kier alpha value is -1.01. The second-order valence-corrected chi connectivity index (χ2v) is 4.64. The molecule has 1 fully saturated rings. The number of fused-ring (bicyclic) bond motifs is 1. The number of aliphatic carboxylic acids is 1. The van der Waals surface area contributed by atoms with Crippen LogP contribution in [0, 0.1) is 29.6 Å². The summed E-state index contributed by atoms with van der Waals surface area (Å²) in [6.45, 7) is 1.09. The van der Waals surface area contributed by atoms with Crippen molar-refractivity contribution in [3.05, 3.63) is 0 Å². The van der Waals surface area contributed by atoms with E-state index < -0.39 is 5.97 Å². The van der Waals surface area contributed by atoms with Gasteiger partial charge in [0, 0.05) is 19.4 Å². The van der Waals surface area contributed by atoms with Crippen molar-refractivity contribution < 1.29 is 14.6 Å². The zero-order valence-corrected chi connectivity index (χ0v) is 9.45. The van der Waals surface area contributed by atoms with E-state index in [0.29, 0.717) is 12.5 Å². The summed E-state index contributed by atoms with van der Waals surface area (Å²) in [7, 11) is 0. The smallest absolute Gasteiger partial charge is 0.305 e. The zero-order valence-electron chi connectivity index (χ0n) is 9.45. The molecule has 88 valence electrons. The largest absolute Gasteiger partial charge is 0.481 e. The average Bonchev–Trinajstić information content (AvgIpc) is 2.83. The van der Waals surface area contributed by atoms with E-state index in [0.717, 1.165) is 31.3 Å². The molecule has 0 bridgehead atoms. The van der Waals surface area contributed by atoms with Crippen LogP contribution in [0.15, 0.2) is 0 Å². The van der Waals surface area contributed by atoms with Crippen LogP contribution in [0.2, 0.25) is 0 Å². The Morgan fingerprint density at radius 3 is 2.44 bits per heavy atom. The second kappa shape index (κ2) is 5.36. The minimum Gasteiger partial charge on any atom is -0.481 e. The number of hydrogen-bond acceptors (Lipinski definition) is 2. The van der Waals surface area contributed by atoms with Crippen LogP contribution in [0.25, 0.3) is 0 Å². The third kappa shape index (κ3) is 2.99. The molecule has 3 atom stereocenters. The van der Waals surface area contributed by atoms with Gasteiger partial charge in [0.1, 0.15) is 0 Å². The summed E-state index contributed by atoms with van der Waals surface area (Å²) < 4.78 is 5.42. The molecule has 16 heavy (non-hydrogen) atoms. The predicted octanol–water partition coefficient (Wildman–Crippen LogP) is 1.92. The van der Waals surface area contributed by atoms with Crippen molar-refractivity contribution in [1.82, 2.24) is 0 Å². The number of carbonyl (C=O) groups is 1. The number of ether oxygens (including phenoxy) is 1. The SMILES string of the molecule is O=C(O)CCOCC1[C@H]2CCC#CCC[C@@H]12. The van der Waals surface area contributed by atoms with E-state index >= 15 is 0 Å². The average molecular weight is 222 g/mol. The molecule has 2 aliphatic carbocycles. The molecule has 2 aliphatic rings. The van der Waals surface area contributed by atoms with E-state index in [2.05, 4.69) is 11.8 Å². The summed E-state index contributed by atoms with van der Waals surface area (Å²) in [6, 6.07) is 0. The highest BCUT2D eigenvalue weighted by Gasteiger charge is 2.48. The van der Waals surface area contributed by atoms with Crippen LogP contribution in [0.1, 0.15) is 32.1 Å². The van der Waals surface area contributed by atoms with Crippen molar-refractivity contribution >= 4 is 5.97 Å². The van der Waals surface area contributed by atoms with Crippen LogP contribution in [0.4, 0.5) is 0 Å². The lowest BCUT2D eigenvalue weighted by molar-refractivity contribution is -0.138. The predicted molar refractivity (Wildman–Crippen MR) is 59.8 cm³/mol. The molecule has 0 saturated heterocycles. The molecule has 3 nitrogen and oxygen atoms in total. The molecule has 1 saturated carbocycles. The van der Waals surface area contributed by atoms with Gasteiger partial charge in [-0.1, -0.05) is 0 Å². The Balaban J connectivity index is 1.64. The Morgan fingerprint density at radius 1 is 1.25 bits per heavy atom. The quantitative estimate of drug-likeness (QED) is 0.571. The van der Waals surface area contributed by atoms with Crippen LogP contribution in [0.3, 0.4) is 0 Å². The van der Waals surface area contributed by atoms with Crippen molar-refractivity contribution in [2.24, 2.45) is 17.8 Å². The first-order chi connectivity index (χ1) is 7.79. The standard InChI is InChI=1S/C13H18O3/c14-13(15)7-8-16-9-12-10-5-3-1-2-4-6-11(10)12/h10-12H,3-9H2,(H,14,15)/t10-,11+,12?. The first kappa shape index (κ1) is 11.5. The maximum atomic E-state index is 10.3. The monoisotopic (exact) mass is 222 g/mol. The third-order valence-electron chi connectivity index (χ3n) is 3.61. The van der Waals surface area contributed by atoms with E-state index in [1.54, 1.807) is 0 Å². The highest BCUT2D eigenvalue weighted by atomic mass is 16.5. The summed E-state index contributed by atoms with van der Waals surface area (Å²) in [6.07, 6.45) is 4.56. The molecule has 0 radical (unpaired) electrons. The maximum absolute atomic E-state index is 10.3. The lowest BCUT2D eigenvalue weighted by Gasteiger charge is -2.01. The van der Waals surface area contributed by atoms with Gasteiger partial charge in [0.15, 0.2) is 0 Å². The molecule has 0 aromatic rings. The van der Waals surface area contributed by atoms with Crippen molar-refractivity contribution in [3.8, 4) is 11.8 Å². The van der Waals surface area contributed by atoms with Gasteiger partial charge in [-0.05, 0) is 30.6 Å². The molecule has 0 aromatic carbocycles. The fourth-order valence-corrected chi connectivity index (χ4v) is 2.66. The number of carboxylic acid groups (broad SMARTS) is 1. The van der Waals surface area contributed by atoms with Crippen molar-refractivity contribution in [3.63, 3.8) is 0 Å². The van der Waals surface area contributed by atoms with Crippen LogP contribution >= 0.6 is 0 Å². The summed E-state index contributed by atoms with van der Waals surface area (Å²) in [5, 5.41) is 8.48. The maximum Gasteiger partial charge on any atom is 0.305 e. The van der Waals surface area contributed by atoms with Crippen LogP contribution in [-0.4, -0.2) is 24.3 Å². The molecule has 1 unspecified atom stereocenters. The van der Waals surface area contributed by atoms with Gasteiger partial charge in [-0.15, -0.1) is 11.8 Å². The number of hydrogen-bond donors (Lipinski definition) is 1. The zero-order chi connectivity index (χ0) is 11.4. The Labute approximate surface area is 96.2 Å².